The number of hydrogen-bond acceptors (Lipinski definition) is 4. The number of aryl methyl sites for hydroxylation is 2. The highest BCUT2D eigenvalue weighted by Gasteiger charge is 2.06. The quantitative estimate of drug-likeness (QED) is 0.355. The van der Waals surface area contributed by atoms with Crippen molar-refractivity contribution in [2.45, 2.75) is 33.1 Å². The van der Waals surface area contributed by atoms with Crippen molar-refractivity contribution < 1.29 is 4.79 Å². The second-order valence-electron chi connectivity index (χ2n) is 7.04. The van der Waals surface area contributed by atoms with Crippen molar-refractivity contribution >= 4 is 28.7 Å². The highest BCUT2D eigenvalue weighted by Crippen LogP contribution is 2.22. The number of azo groups is 1. The van der Waals surface area contributed by atoms with Gasteiger partial charge in [-0.2, -0.15) is 10.2 Å². The fraction of sp³-hybridized carbons (Fsp3) is 0.208. The second-order valence-corrected chi connectivity index (χ2v) is 7.04. The van der Waals surface area contributed by atoms with E-state index >= 15 is 0 Å². The Bertz CT molecular complexity index is 992. The van der Waals surface area contributed by atoms with Gasteiger partial charge in [-0.05, 0) is 85.5 Å². The molecule has 0 atom stereocenters. The van der Waals surface area contributed by atoms with Crippen LogP contribution in [0.5, 0.6) is 0 Å². The van der Waals surface area contributed by atoms with E-state index < -0.39 is 0 Å². The van der Waals surface area contributed by atoms with Gasteiger partial charge in [-0.25, -0.2) is 0 Å². The molecule has 0 saturated carbocycles. The standard InChI is InChI=1S/C24H26N4O/c1-3-4-5-18-6-10-20(11-7-18)26-24(29)19-8-12-21(13-9-19)27-28-22-14-15-23(25)17(2)16-22/h6-16H,3-5,25H2,1-2H3,(H,26,29). The van der Waals surface area contributed by atoms with Crippen molar-refractivity contribution in [1.29, 1.82) is 0 Å². The van der Waals surface area contributed by atoms with Gasteiger partial charge >= 0.3 is 0 Å². The van der Waals surface area contributed by atoms with Crippen molar-refractivity contribution in [2.75, 3.05) is 11.1 Å². The molecule has 0 fully saturated rings. The largest absolute Gasteiger partial charge is 0.399 e. The number of hydrogen-bond donors (Lipinski definition) is 2. The Morgan fingerprint density at radius 2 is 1.59 bits per heavy atom. The van der Waals surface area contributed by atoms with Crippen LogP contribution in [0, 0.1) is 6.92 Å². The molecule has 3 aromatic carbocycles. The number of rotatable bonds is 7. The summed E-state index contributed by atoms with van der Waals surface area (Å²) >= 11 is 0. The maximum atomic E-state index is 12.5. The highest BCUT2D eigenvalue weighted by atomic mass is 16.1. The van der Waals surface area contributed by atoms with Crippen molar-refractivity contribution in [3.8, 4) is 0 Å². The van der Waals surface area contributed by atoms with E-state index in [1.807, 2.05) is 37.3 Å². The predicted octanol–water partition coefficient (Wildman–Crippen LogP) is 6.59. The summed E-state index contributed by atoms with van der Waals surface area (Å²) in [5, 5.41) is 11.4. The van der Waals surface area contributed by atoms with Crippen LogP contribution >= 0.6 is 0 Å². The van der Waals surface area contributed by atoms with Gasteiger partial charge in [0.15, 0.2) is 0 Å². The van der Waals surface area contributed by atoms with E-state index in [0.717, 1.165) is 29.0 Å². The molecule has 0 radical (unpaired) electrons. The number of nitrogens with zero attached hydrogens (tertiary/aromatic N) is 2. The van der Waals surface area contributed by atoms with Gasteiger partial charge < -0.3 is 11.1 Å². The zero-order chi connectivity index (χ0) is 20.6. The molecule has 5 heteroatoms. The lowest BCUT2D eigenvalue weighted by atomic mass is 10.1. The van der Waals surface area contributed by atoms with Crippen molar-refractivity contribution in [3.05, 3.63) is 83.4 Å². The molecule has 1 amide bonds. The van der Waals surface area contributed by atoms with Crippen molar-refractivity contribution in [1.82, 2.24) is 0 Å². The molecule has 0 aliphatic rings. The summed E-state index contributed by atoms with van der Waals surface area (Å²) in [5.41, 5.74) is 11.6. The van der Waals surface area contributed by atoms with E-state index in [1.165, 1.54) is 18.4 Å². The molecular formula is C24H26N4O. The van der Waals surface area contributed by atoms with Crippen LogP contribution in [0.2, 0.25) is 0 Å². The third-order valence-electron chi connectivity index (χ3n) is 4.69. The topological polar surface area (TPSA) is 79.8 Å². The van der Waals surface area contributed by atoms with E-state index in [9.17, 15) is 4.79 Å². The average Bonchev–Trinajstić information content (AvgIpc) is 2.74. The summed E-state index contributed by atoms with van der Waals surface area (Å²) in [4.78, 5) is 12.5. The molecule has 3 rings (SSSR count). The zero-order valence-electron chi connectivity index (χ0n) is 16.9. The van der Waals surface area contributed by atoms with Crippen LogP contribution in [0.25, 0.3) is 0 Å². The van der Waals surface area contributed by atoms with E-state index in [-0.39, 0.29) is 5.91 Å². The lowest BCUT2D eigenvalue weighted by molar-refractivity contribution is 0.102. The number of nitrogens with two attached hydrogens (primary N) is 1. The molecular weight excluding hydrogens is 360 g/mol. The fourth-order valence-electron chi connectivity index (χ4n) is 2.86. The summed E-state index contributed by atoms with van der Waals surface area (Å²) in [6, 6.07) is 20.6. The third-order valence-corrected chi connectivity index (χ3v) is 4.69. The molecule has 29 heavy (non-hydrogen) atoms. The van der Waals surface area contributed by atoms with Gasteiger partial charge in [-0.1, -0.05) is 25.5 Å². The van der Waals surface area contributed by atoms with Crippen LogP contribution < -0.4 is 11.1 Å². The summed E-state index contributed by atoms with van der Waals surface area (Å²) in [6.07, 6.45) is 3.41. The lowest BCUT2D eigenvalue weighted by Crippen LogP contribution is -2.11. The first-order valence-electron chi connectivity index (χ1n) is 9.83. The number of unbranched alkanes of at least 4 members (excludes halogenated alkanes) is 1. The minimum Gasteiger partial charge on any atom is -0.399 e. The van der Waals surface area contributed by atoms with Crippen LogP contribution in [0.1, 0.15) is 41.3 Å². The monoisotopic (exact) mass is 386 g/mol. The number of nitrogens with one attached hydrogen (secondary N) is 1. The predicted molar refractivity (Wildman–Crippen MR) is 119 cm³/mol. The first-order chi connectivity index (χ1) is 14.0. The summed E-state index contributed by atoms with van der Waals surface area (Å²) in [6.45, 7) is 4.11. The number of benzene rings is 3. The molecule has 0 bridgehead atoms. The molecule has 0 saturated heterocycles. The summed E-state index contributed by atoms with van der Waals surface area (Å²) in [5.74, 6) is -0.149. The molecule has 0 heterocycles. The number of amides is 1. The molecule has 5 nitrogen and oxygen atoms in total. The number of carbonyl (C=O) groups is 1. The number of carbonyl (C=O) groups excluding carboxylic acids is 1. The molecule has 0 aliphatic carbocycles. The zero-order valence-corrected chi connectivity index (χ0v) is 16.9. The molecule has 0 spiro atoms. The summed E-state index contributed by atoms with van der Waals surface area (Å²) < 4.78 is 0. The molecule has 0 unspecified atom stereocenters. The SMILES string of the molecule is CCCCc1ccc(NC(=O)c2ccc(N=Nc3ccc(N)c(C)c3)cc2)cc1. The third kappa shape index (κ3) is 5.75. The number of anilines is 2. The van der Waals surface area contributed by atoms with Gasteiger partial charge in [0.1, 0.15) is 0 Å². The van der Waals surface area contributed by atoms with E-state index in [2.05, 4.69) is 34.6 Å². The van der Waals surface area contributed by atoms with E-state index in [0.29, 0.717) is 11.3 Å². The summed E-state index contributed by atoms with van der Waals surface area (Å²) in [7, 11) is 0. The Morgan fingerprint density at radius 3 is 2.24 bits per heavy atom. The molecule has 0 aliphatic heterocycles. The molecule has 3 aromatic rings. The van der Waals surface area contributed by atoms with Gasteiger partial charge in [0.25, 0.3) is 5.91 Å². The minimum absolute atomic E-state index is 0.149. The van der Waals surface area contributed by atoms with Crippen LogP contribution in [0.4, 0.5) is 22.7 Å². The Hall–Kier alpha value is -3.47. The Labute approximate surface area is 171 Å². The number of nitrogen functional groups attached to an aromatic ring is 1. The van der Waals surface area contributed by atoms with E-state index in [4.69, 9.17) is 5.73 Å². The second kappa shape index (κ2) is 9.64. The van der Waals surface area contributed by atoms with Crippen LogP contribution in [-0.2, 0) is 6.42 Å². The normalized spacial score (nSPS) is 11.0. The van der Waals surface area contributed by atoms with Crippen molar-refractivity contribution in [2.24, 2.45) is 10.2 Å². The van der Waals surface area contributed by atoms with Crippen LogP contribution in [0.3, 0.4) is 0 Å². The van der Waals surface area contributed by atoms with Crippen molar-refractivity contribution in [3.63, 3.8) is 0 Å². The molecule has 3 N–H and O–H groups in total. The smallest absolute Gasteiger partial charge is 0.255 e. The highest BCUT2D eigenvalue weighted by molar-refractivity contribution is 6.04. The average molecular weight is 386 g/mol. The fourth-order valence-corrected chi connectivity index (χ4v) is 2.86. The maximum absolute atomic E-state index is 12.5. The minimum atomic E-state index is -0.149. The lowest BCUT2D eigenvalue weighted by Gasteiger charge is -2.07. The Morgan fingerprint density at radius 1 is 0.931 bits per heavy atom. The van der Waals surface area contributed by atoms with E-state index in [1.54, 1.807) is 24.3 Å². The van der Waals surface area contributed by atoms with Gasteiger partial charge in [-0.3, -0.25) is 4.79 Å². The van der Waals surface area contributed by atoms with Gasteiger partial charge in [0, 0.05) is 16.9 Å². The van der Waals surface area contributed by atoms with Crippen LogP contribution in [-0.4, -0.2) is 5.91 Å². The first-order valence-corrected chi connectivity index (χ1v) is 9.83. The first kappa shape index (κ1) is 20.3. The molecule has 0 aromatic heterocycles. The maximum Gasteiger partial charge on any atom is 0.255 e. The molecule has 148 valence electrons. The van der Waals surface area contributed by atoms with Gasteiger partial charge in [-0.15, -0.1) is 0 Å². The van der Waals surface area contributed by atoms with Gasteiger partial charge in [0.05, 0.1) is 11.4 Å². The van der Waals surface area contributed by atoms with Crippen LogP contribution in [0.15, 0.2) is 77.0 Å². The Kier molecular flexibility index (Phi) is 6.74. The van der Waals surface area contributed by atoms with Gasteiger partial charge in [0.2, 0.25) is 0 Å². The Balaban J connectivity index is 1.61.